The lowest BCUT2D eigenvalue weighted by Crippen LogP contribution is -2.24. The van der Waals surface area contributed by atoms with Crippen LogP contribution in [0.15, 0.2) is 42.5 Å². The van der Waals surface area contributed by atoms with Gasteiger partial charge in [0.1, 0.15) is 0 Å². The van der Waals surface area contributed by atoms with Gasteiger partial charge in [-0.3, -0.25) is 19.7 Å². The summed E-state index contributed by atoms with van der Waals surface area (Å²) in [5.74, 6) is -1.56. The summed E-state index contributed by atoms with van der Waals surface area (Å²) in [4.78, 5) is 45.6. The van der Waals surface area contributed by atoms with E-state index in [1.54, 1.807) is 12.1 Å². The molecule has 0 saturated carbocycles. The Hall–Kier alpha value is -3.26. The number of nitro benzene ring substituents is 1. The number of amides is 1. The highest BCUT2D eigenvalue weighted by Crippen LogP contribution is 2.24. The van der Waals surface area contributed by atoms with Crippen molar-refractivity contribution >= 4 is 40.6 Å². The third-order valence-corrected chi connectivity index (χ3v) is 3.84. The standard InChI is InChI=1S/C18H15ClN2O6/c1-10(17(23)12-3-5-13(6-4-12)20-11(2)22)27-18(24)15-8-7-14(21(25)26)9-16(15)19/h3-10H,1-2H3,(H,20,22)/t10-/m1/s1. The van der Waals surface area contributed by atoms with Crippen LogP contribution in [0.5, 0.6) is 0 Å². The molecular formula is C18H15ClN2O6. The SMILES string of the molecule is CC(=O)Nc1ccc(C(=O)[C@@H](C)OC(=O)c2ccc([N+](=O)[O-])cc2Cl)cc1. The number of nitrogens with one attached hydrogen (secondary N) is 1. The Morgan fingerprint density at radius 3 is 2.30 bits per heavy atom. The Balaban J connectivity index is 2.08. The van der Waals surface area contributed by atoms with E-state index in [0.717, 1.165) is 12.1 Å². The first kappa shape index (κ1) is 20.1. The minimum absolute atomic E-state index is 0.0806. The average molecular weight is 391 g/mol. The number of nitrogens with zero attached hydrogens (tertiary/aromatic N) is 1. The van der Waals surface area contributed by atoms with Crippen molar-refractivity contribution in [1.82, 2.24) is 0 Å². The largest absolute Gasteiger partial charge is 0.451 e. The van der Waals surface area contributed by atoms with E-state index in [-0.39, 0.29) is 22.2 Å². The molecule has 1 atom stereocenters. The van der Waals surface area contributed by atoms with E-state index in [1.807, 2.05) is 0 Å². The quantitative estimate of drug-likeness (QED) is 0.348. The van der Waals surface area contributed by atoms with Crippen molar-refractivity contribution in [3.63, 3.8) is 0 Å². The molecule has 0 fully saturated rings. The lowest BCUT2D eigenvalue weighted by molar-refractivity contribution is -0.384. The number of ether oxygens (including phenoxy) is 1. The molecule has 2 aromatic rings. The van der Waals surface area contributed by atoms with Gasteiger partial charge in [0.05, 0.1) is 15.5 Å². The number of carbonyl (C=O) groups excluding carboxylic acids is 3. The van der Waals surface area contributed by atoms with E-state index >= 15 is 0 Å². The summed E-state index contributed by atoms with van der Waals surface area (Å²) in [7, 11) is 0. The van der Waals surface area contributed by atoms with E-state index in [0.29, 0.717) is 11.3 Å². The molecule has 140 valence electrons. The molecule has 0 aliphatic carbocycles. The molecule has 1 amide bonds. The smallest absolute Gasteiger partial charge is 0.340 e. The van der Waals surface area contributed by atoms with Crippen molar-refractivity contribution < 1.29 is 24.0 Å². The molecule has 27 heavy (non-hydrogen) atoms. The molecule has 2 aromatic carbocycles. The Morgan fingerprint density at radius 1 is 1.15 bits per heavy atom. The van der Waals surface area contributed by atoms with Gasteiger partial charge in [-0.15, -0.1) is 0 Å². The summed E-state index contributed by atoms with van der Waals surface area (Å²) in [6.07, 6.45) is -1.10. The Bertz CT molecular complexity index is 911. The van der Waals surface area contributed by atoms with E-state index in [2.05, 4.69) is 5.32 Å². The van der Waals surface area contributed by atoms with Crippen LogP contribution in [0.25, 0.3) is 0 Å². The predicted octanol–water partition coefficient (Wildman–Crippen LogP) is 3.63. The number of Topliss-reactive ketones (excluding diaryl/α,β-unsaturated/α-hetero) is 1. The number of hydrogen-bond acceptors (Lipinski definition) is 6. The molecule has 1 N–H and O–H groups in total. The van der Waals surface area contributed by atoms with Gasteiger partial charge in [-0.25, -0.2) is 4.79 Å². The van der Waals surface area contributed by atoms with Crippen LogP contribution in [0, 0.1) is 10.1 Å². The second-order valence-corrected chi connectivity index (χ2v) is 6.00. The summed E-state index contributed by atoms with van der Waals surface area (Å²) >= 11 is 5.88. The summed E-state index contributed by atoms with van der Waals surface area (Å²) in [6, 6.07) is 9.42. The molecule has 2 rings (SSSR count). The van der Waals surface area contributed by atoms with Crippen LogP contribution in [0.1, 0.15) is 34.6 Å². The molecule has 0 aliphatic rings. The molecule has 0 spiro atoms. The number of anilines is 1. The van der Waals surface area contributed by atoms with Gasteiger partial charge in [-0.05, 0) is 37.3 Å². The maximum absolute atomic E-state index is 12.4. The van der Waals surface area contributed by atoms with Crippen LogP contribution in [0.4, 0.5) is 11.4 Å². The predicted molar refractivity (Wildman–Crippen MR) is 98.1 cm³/mol. The molecule has 0 saturated heterocycles. The fourth-order valence-corrected chi connectivity index (χ4v) is 2.47. The molecule has 8 nitrogen and oxygen atoms in total. The Kier molecular flexibility index (Phi) is 6.25. The summed E-state index contributed by atoms with van der Waals surface area (Å²) in [6.45, 7) is 2.77. The van der Waals surface area contributed by atoms with Crippen molar-refractivity contribution in [2.45, 2.75) is 20.0 Å². The van der Waals surface area contributed by atoms with Gasteiger partial charge in [-0.2, -0.15) is 0 Å². The minimum Gasteiger partial charge on any atom is -0.451 e. The second kappa shape index (κ2) is 8.41. The van der Waals surface area contributed by atoms with E-state index < -0.39 is 22.8 Å². The Morgan fingerprint density at radius 2 is 1.78 bits per heavy atom. The zero-order chi connectivity index (χ0) is 20.1. The zero-order valence-electron chi connectivity index (χ0n) is 14.4. The van der Waals surface area contributed by atoms with Gasteiger partial charge in [0.25, 0.3) is 5.69 Å². The number of non-ortho nitro benzene ring substituents is 1. The minimum atomic E-state index is -1.10. The van der Waals surface area contributed by atoms with Crippen LogP contribution >= 0.6 is 11.6 Å². The van der Waals surface area contributed by atoms with Gasteiger partial charge in [0.2, 0.25) is 11.7 Å². The number of esters is 1. The lowest BCUT2D eigenvalue weighted by atomic mass is 10.1. The van der Waals surface area contributed by atoms with Gasteiger partial charge in [-0.1, -0.05) is 11.6 Å². The van der Waals surface area contributed by atoms with Crippen molar-refractivity contribution in [1.29, 1.82) is 0 Å². The fourth-order valence-electron chi connectivity index (χ4n) is 2.22. The molecule has 0 bridgehead atoms. The normalized spacial score (nSPS) is 11.4. The van der Waals surface area contributed by atoms with E-state index in [9.17, 15) is 24.5 Å². The zero-order valence-corrected chi connectivity index (χ0v) is 15.1. The first-order valence-corrected chi connectivity index (χ1v) is 8.13. The topological polar surface area (TPSA) is 116 Å². The van der Waals surface area contributed by atoms with Crippen molar-refractivity contribution in [2.75, 3.05) is 5.32 Å². The highest BCUT2D eigenvalue weighted by molar-refractivity contribution is 6.33. The summed E-state index contributed by atoms with van der Waals surface area (Å²) in [5, 5.41) is 13.1. The third-order valence-electron chi connectivity index (χ3n) is 3.53. The third kappa shape index (κ3) is 5.11. The van der Waals surface area contributed by atoms with Crippen molar-refractivity contribution in [3.8, 4) is 0 Å². The molecule has 0 aromatic heterocycles. The molecule has 0 heterocycles. The average Bonchev–Trinajstić information content (AvgIpc) is 2.60. The fraction of sp³-hybridized carbons (Fsp3) is 0.167. The number of hydrogen-bond donors (Lipinski definition) is 1. The Labute approximate surface area is 159 Å². The van der Waals surface area contributed by atoms with E-state index in [4.69, 9.17) is 16.3 Å². The van der Waals surface area contributed by atoms with Gasteiger partial charge < -0.3 is 10.1 Å². The summed E-state index contributed by atoms with van der Waals surface area (Å²) < 4.78 is 5.12. The van der Waals surface area contributed by atoms with Gasteiger partial charge >= 0.3 is 5.97 Å². The second-order valence-electron chi connectivity index (χ2n) is 5.59. The van der Waals surface area contributed by atoms with Crippen molar-refractivity contribution in [3.05, 3.63) is 68.7 Å². The summed E-state index contributed by atoms with van der Waals surface area (Å²) in [5.41, 5.74) is 0.475. The lowest BCUT2D eigenvalue weighted by Gasteiger charge is -2.13. The monoisotopic (exact) mass is 390 g/mol. The molecule has 0 aliphatic heterocycles. The number of carbonyl (C=O) groups is 3. The van der Waals surface area contributed by atoms with Crippen LogP contribution < -0.4 is 5.32 Å². The van der Waals surface area contributed by atoms with Crippen LogP contribution in [-0.2, 0) is 9.53 Å². The first-order valence-electron chi connectivity index (χ1n) is 7.76. The maximum Gasteiger partial charge on any atom is 0.340 e. The van der Waals surface area contributed by atoms with Crippen LogP contribution in [-0.4, -0.2) is 28.7 Å². The van der Waals surface area contributed by atoms with Gasteiger partial charge in [0.15, 0.2) is 6.10 Å². The molecular weight excluding hydrogens is 376 g/mol. The van der Waals surface area contributed by atoms with Crippen molar-refractivity contribution in [2.24, 2.45) is 0 Å². The van der Waals surface area contributed by atoms with E-state index in [1.165, 1.54) is 32.0 Å². The number of nitro groups is 1. The number of benzene rings is 2. The number of ketones is 1. The molecule has 0 unspecified atom stereocenters. The van der Waals surface area contributed by atoms with Crippen LogP contribution in [0.3, 0.4) is 0 Å². The molecule has 0 radical (unpaired) electrons. The molecule has 9 heteroatoms. The first-order chi connectivity index (χ1) is 12.7. The number of rotatable bonds is 6. The highest BCUT2D eigenvalue weighted by Gasteiger charge is 2.23. The highest BCUT2D eigenvalue weighted by atomic mass is 35.5. The number of halogens is 1. The van der Waals surface area contributed by atoms with Crippen LogP contribution in [0.2, 0.25) is 5.02 Å². The maximum atomic E-state index is 12.4. The van der Waals surface area contributed by atoms with Gasteiger partial charge in [0, 0.05) is 30.3 Å².